The fourth-order valence-electron chi connectivity index (χ4n) is 3.85. The van der Waals surface area contributed by atoms with Crippen molar-refractivity contribution in [2.24, 2.45) is 11.8 Å². The molecule has 0 saturated carbocycles. The van der Waals surface area contributed by atoms with Gasteiger partial charge in [0.05, 0.1) is 5.56 Å². The van der Waals surface area contributed by atoms with Crippen LogP contribution in [0.2, 0.25) is 0 Å². The molecule has 4 rings (SSSR count). The van der Waals surface area contributed by atoms with Crippen molar-refractivity contribution in [2.75, 3.05) is 26.2 Å². The number of nitrogens with zero attached hydrogens (tertiary/aromatic N) is 2. The number of hydrogen-bond donors (Lipinski definition) is 0. The van der Waals surface area contributed by atoms with Crippen LogP contribution in [-0.2, 0) is 6.54 Å². The van der Waals surface area contributed by atoms with Crippen molar-refractivity contribution in [1.29, 1.82) is 0 Å². The molecule has 120 valence electrons. The number of likely N-dealkylation sites (tertiary alicyclic amines) is 2. The van der Waals surface area contributed by atoms with Gasteiger partial charge in [0.2, 0.25) is 0 Å². The van der Waals surface area contributed by atoms with E-state index < -0.39 is 0 Å². The van der Waals surface area contributed by atoms with Crippen LogP contribution in [0.15, 0.2) is 41.1 Å². The summed E-state index contributed by atoms with van der Waals surface area (Å²) in [6.07, 6.45) is 0. The van der Waals surface area contributed by atoms with Gasteiger partial charge in [0.15, 0.2) is 0 Å². The predicted molar refractivity (Wildman–Crippen MR) is 88.9 cm³/mol. The van der Waals surface area contributed by atoms with E-state index in [1.54, 1.807) is 23.5 Å². The molecule has 0 radical (unpaired) electrons. The molecule has 1 amide bonds. The van der Waals surface area contributed by atoms with Crippen LogP contribution in [-0.4, -0.2) is 41.9 Å². The molecule has 0 N–H and O–H groups in total. The van der Waals surface area contributed by atoms with Crippen LogP contribution in [0.4, 0.5) is 4.39 Å². The van der Waals surface area contributed by atoms with E-state index in [2.05, 4.69) is 4.90 Å². The van der Waals surface area contributed by atoms with Crippen LogP contribution in [0.1, 0.15) is 15.9 Å². The number of fused-ring (bicyclic) bond motifs is 1. The lowest BCUT2D eigenvalue weighted by atomic mass is 10.0. The number of hydrogen-bond acceptors (Lipinski definition) is 3. The van der Waals surface area contributed by atoms with Crippen molar-refractivity contribution in [3.8, 4) is 0 Å². The molecule has 3 heterocycles. The van der Waals surface area contributed by atoms with Gasteiger partial charge in [-0.2, -0.15) is 11.3 Å². The molecule has 2 saturated heterocycles. The Balaban J connectivity index is 1.36. The summed E-state index contributed by atoms with van der Waals surface area (Å²) >= 11 is 1.56. The molecule has 23 heavy (non-hydrogen) atoms. The Hall–Kier alpha value is -1.72. The highest BCUT2D eigenvalue weighted by Gasteiger charge is 2.41. The van der Waals surface area contributed by atoms with Crippen LogP contribution in [0, 0.1) is 17.7 Å². The first-order valence-electron chi connectivity index (χ1n) is 7.97. The van der Waals surface area contributed by atoms with Crippen molar-refractivity contribution < 1.29 is 9.18 Å². The van der Waals surface area contributed by atoms with E-state index in [-0.39, 0.29) is 11.7 Å². The van der Waals surface area contributed by atoms with Gasteiger partial charge < -0.3 is 4.90 Å². The minimum Gasteiger partial charge on any atom is -0.338 e. The van der Waals surface area contributed by atoms with Crippen LogP contribution < -0.4 is 0 Å². The number of benzene rings is 1. The second-order valence-electron chi connectivity index (χ2n) is 6.57. The summed E-state index contributed by atoms with van der Waals surface area (Å²) in [6.45, 7) is 4.48. The van der Waals surface area contributed by atoms with E-state index in [1.165, 1.54) is 6.07 Å². The summed E-state index contributed by atoms with van der Waals surface area (Å²) in [7, 11) is 0. The largest absolute Gasteiger partial charge is 0.338 e. The Morgan fingerprint density at radius 2 is 1.96 bits per heavy atom. The minimum absolute atomic E-state index is 0.164. The SMILES string of the molecule is O=C(c1ccsc1)N1CC2CN(Cc3cccc(F)c3)CC2C1. The standard InChI is InChI=1S/C18H19FN2OS/c19-17-3-1-2-13(6-17)7-20-8-15-10-21(11-16(15)9-20)18(22)14-4-5-23-12-14/h1-6,12,15-16H,7-11H2. The Bertz CT molecular complexity index is 689. The van der Waals surface area contributed by atoms with Crippen LogP contribution >= 0.6 is 11.3 Å². The maximum Gasteiger partial charge on any atom is 0.254 e. The van der Waals surface area contributed by atoms with Gasteiger partial charge in [-0.25, -0.2) is 4.39 Å². The number of halogens is 1. The van der Waals surface area contributed by atoms with Crippen LogP contribution in [0.25, 0.3) is 0 Å². The van der Waals surface area contributed by atoms with E-state index in [0.29, 0.717) is 11.8 Å². The van der Waals surface area contributed by atoms with Gasteiger partial charge in [-0.15, -0.1) is 0 Å². The van der Waals surface area contributed by atoms with E-state index in [4.69, 9.17) is 0 Å². The van der Waals surface area contributed by atoms with Gasteiger partial charge >= 0.3 is 0 Å². The lowest BCUT2D eigenvalue weighted by Gasteiger charge is -2.21. The summed E-state index contributed by atoms with van der Waals surface area (Å²) in [5.74, 6) is 1.09. The maximum atomic E-state index is 13.3. The monoisotopic (exact) mass is 330 g/mol. The first-order chi connectivity index (χ1) is 11.2. The van der Waals surface area contributed by atoms with E-state index in [1.807, 2.05) is 27.8 Å². The molecule has 2 aliphatic rings. The smallest absolute Gasteiger partial charge is 0.254 e. The molecule has 0 aliphatic carbocycles. The molecular formula is C18H19FN2OS. The first-order valence-corrected chi connectivity index (χ1v) is 8.91. The van der Waals surface area contributed by atoms with Crippen molar-refractivity contribution in [3.63, 3.8) is 0 Å². The summed E-state index contributed by atoms with van der Waals surface area (Å²) in [4.78, 5) is 16.8. The molecule has 2 aromatic rings. The molecule has 5 heteroatoms. The zero-order valence-corrected chi connectivity index (χ0v) is 13.6. The number of carbonyl (C=O) groups is 1. The fourth-order valence-corrected chi connectivity index (χ4v) is 4.48. The first kappa shape index (κ1) is 14.8. The maximum absolute atomic E-state index is 13.3. The third-order valence-corrected chi connectivity index (χ3v) is 5.60. The molecule has 0 bridgehead atoms. The van der Waals surface area contributed by atoms with E-state index >= 15 is 0 Å². The van der Waals surface area contributed by atoms with Crippen molar-refractivity contribution >= 4 is 17.2 Å². The molecule has 2 atom stereocenters. The highest BCUT2D eigenvalue weighted by Crippen LogP contribution is 2.32. The Morgan fingerprint density at radius 3 is 2.61 bits per heavy atom. The topological polar surface area (TPSA) is 23.6 Å². The average Bonchev–Trinajstić information content (AvgIpc) is 3.22. The number of carbonyl (C=O) groups excluding carboxylic acids is 1. The van der Waals surface area contributed by atoms with Gasteiger partial charge in [-0.1, -0.05) is 12.1 Å². The quantitative estimate of drug-likeness (QED) is 0.863. The second kappa shape index (κ2) is 6.06. The summed E-state index contributed by atoms with van der Waals surface area (Å²) in [5, 5.41) is 3.87. The lowest BCUT2D eigenvalue weighted by Crippen LogP contribution is -2.32. The number of rotatable bonds is 3. The fraction of sp³-hybridized carbons (Fsp3) is 0.389. The Morgan fingerprint density at radius 1 is 1.17 bits per heavy atom. The zero-order valence-electron chi connectivity index (χ0n) is 12.8. The van der Waals surface area contributed by atoms with Crippen molar-refractivity contribution in [2.45, 2.75) is 6.54 Å². The second-order valence-corrected chi connectivity index (χ2v) is 7.35. The summed E-state index contributed by atoms with van der Waals surface area (Å²) < 4.78 is 13.3. The Labute approximate surface area is 139 Å². The van der Waals surface area contributed by atoms with Gasteiger partial charge in [0.1, 0.15) is 5.82 Å². The average molecular weight is 330 g/mol. The van der Waals surface area contributed by atoms with Gasteiger partial charge in [-0.3, -0.25) is 9.69 Å². The third-order valence-electron chi connectivity index (χ3n) is 4.91. The van der Waals surface area contributed by atoms with E-state index in [9.17, 15) is 9.18 Å². The summed E-state index contributed by atoms with van der Waals surface area (Å²) in [5.41, 5.74) is 1.84. The normalized spacial score (nSPS) is 24.1. The number of thiophene rings is 1. The molecule has 1 aromatic heterocycles. The Kier molecular flexibility index (Phi) is 3.91. The molecule has 2 aliphatic heterocycles. The zero-order chi connectivity index (χ0) is 15.8. The van der Waals surface area contributed by atoms with Crippen molar-refractivity contribution in [3.05, 3.63) is 58.0 Å². The minimum atomic E-state index is -0.172. The molecule has 2 fully saturated rings. The van der Waals surface area contributed by atoms with Gasteiger partial charge in [0, 0.05) is 38.1 Å². The molecule has 0 spiro atoms. The van der Waals surface area contributed by atoms with Gasteiger partial charge in [-0.05, 0) is 41.0 Å². The summed E-state index contributed by atoms with van der Waals surface area (Å²) in [6, 6.07) is 8.74. The van der Waals surface area contributed by atoms with Crippen LogP contribution in [0.3, 0.4) is 0 Å². The van der Waals surface area contributed by atoms with E-state index in [0.717, 1.165) is 43.9 Å². The van der Waals surface area contributed by atoms with Crippen LogP contribution in [0.5, 0.6) is 0 Å². The predicted octanol–water partition coefficient (Wildman–Crippen LogP) is 3.09. The molecule has 2 unspecified atom stereocenters. The molecule has 3 nitrogen and oxygen atoms in total. The third kappa shape index (κ3) is 3.03. The molecular weight excluding hydrogens is 311 g/mol. The molecule has 1 aromatic carbocycles. The number of amides is 1. The van der Waals surface area contributed by atoms with Gasteiger partial charge in [0.25, 0.3) is 5.91 Å². The highest BCUT2D eigenvalue weighted by atomic mass is 32.1. The van der Waals surface area contributed by atoms with Crippen molar-refractivity contribution in [1.82, 2.24) is 9.80 Å². The highest BCUT2D eigenvalue weighted by molar-refractivity contribution is 7.08. The lowest BCUT2D eigenvalue weighted by molar-refractivity contribution is 0.0774.